The third-order valence-corrected chi connectivity index (χ3v) is 4.54. The molecule has 5 heteroatoms. The fourth-order valence-corrected chi connectivity index (χ4v) is 3.57. The summed E-state index contributed by atoms with van der Waals surface area (Å²) in [6.45, 7) is 5.46. The van der Waals surface area contributed by atoms with Crippen LogP contribution in [0.25, 0.3) is 0 Å². The summed E-state index contributed by atoms with van der Waals surface area (Å²) in [5, 5.41) is 8.82. The molecular formula is C18H26N2O3. The van der Waals surface area contributed by atoms with Crippen molar-refractivity contribution in [2.75, 3.05) is 13.1 Å². The van der Waals surface area contributed by atoms with Gasteiger partial charge in [0.25, 0.3) is 0 Å². The Labute approximate surface area is 137 Å². The second-order valence-corrected chi connectivity index (χ2v) is 6.87. The van der Waals surface area contributed by atoms with E-state index in [0.717, 1.165) is 6.42 Å². The Bertz CT molecular complexity index is 544. The molecule has 0 aromatic heterocycles. The van der Waals surface area contributed by atoms with Crippen molar-refractivity contribution < 1.29 is 14.8 Å². The van der Waals surface area contributed by atoms with Crippen molar-refractivity contribution in [3.05, 3.63) is 35.9 Å². The molecule has 0 spiro atoms. The Hall–Kier alpha value is -1.88. The predicted molar refractivity (Wildman–Crippen MR) is 87.8 cm³/mol. The Morgan fingerprint density at radius 2 is 2.04 bits per heavy atom. The van der Waals surface area contributed by atoms with Gasteiger partial charge in [-0.3, -0.25) is 14.8 Å². The van der Waals surface area contributed by atoms with E-state index in [2.05, 4.69) is 26.0 Å². The molecule has 0 radical (unpaired) electrons. The van der Waals surface area contributed by atoms with E-state index >= 15 is 0 Å². The number of hydroxylamine groups is 1. The van der Waals surface area contributed by atoms with Gasteiger partial charge >= 0.3 is 0 Å². The molecule has 1 aliphatic rings. The molecule has 0 aliphatic carbocycles. The van der Waals surface area contributed by atoms with E-state index in [0.29, 0.717) is 31.8 Å². The second kappa shape index (κ2) is 7.59. The van der Waals surface area contributed by atoms with Crippen LogP contribution in [0.1, 0.15) is 38.7 Å². The normalized spacial score (nSPS) is 21.0. The van der Waals surface area contributed by atoms with Crippen LogP contribution in [-0.4, -0.2) is 35.0 Å². The minimum absolute atomic E-state index is 0.0470. The van der Waals surface area contributed by atoms with Crippen LogP contribution in [0.4, 0.5) is 0 Å². The second-order valence-electron chi connectivity index (χ2n) is 6.87. The molecular weight excluding hydrogens is 292 g/mol. The molecule has 2 rings (SSSR count). The van der Waals surface area contributed by atoms with Gasteiger partial charge in [0.15, 0.2) is 0 Å². The summed E-state index contributed by atoms with van der Waals surface area (Å²) in [6, 6.07) is 10.1. The molecule has 1 aromatic carbocycles. The minimum Gasteiger partial charge on any atom is -0.342 e. The van der Waals surface area contributed by atoms with Crippen LogP contribution in [0.5, 0.6) is 0 Å². The fraction of sp³-hybridized carbons (Fsp3) is 0.556. The lowest BCUT2D eigenvalue weighted by molar-refractivity contribution is -0.143. The van der Waals surface area contributed by atoms with Crippen LogP contribution in [-0.2, 0) is 16.0 Å². The zero-order valence-electron chi connectivity index (χ0n) is 13.9. The van der Waals surface area contributed by atoms with Gasteiger partial charge in [-0.05, 0) is 30.7 Å². The van der Waals surface area contributed by atoms with Crippen molar-refractivity contribution in [3.8, 4) is 0 Å². The Morgan fingerprint density at radius 3 is 2.65 bits per heavy atom. The molecule has 1 saturated heterocycles. The molecule has 0 saturated carbocycles. The van der Waals surface area contributed by atoms with Gasteiger partial charge in [0.05, 0.1) is 5.41 Å². The molecule has 2 amide bonds. The van der Waals surface area contributed by atoms with E-state index in [4.69, 9.17) is 5.21 Å². The average molecular weight is 318 g/mol. The topological polar surface area (TPSA) is 69.6 Å². The maximum absolute atomic E-state index is 12.9. The number of rotatable bonds is 7. The van der Waals surface area contributed by atoms with Crippen molar-refractivity contribution in [1.82, 2.24) is 10.4 Å². The monoisotopic (exact) mass is 318 g/mol. The van der Waals surface area contributed by atoms with Crippen LogP contribution in [0.15, 0.2) is 30.3 Å². The van der Waals surface area contributed by atoms with Gasteiger partial charge in [-0.2, -0.15) is 0 Å². The van der Waals surface area contributed by atoms with Crippen molar-refractivity contribution in [2.24, 2.45) is 11.3 Å². The van der Waals surface area contributed by atoms with Crippen LogP contribution < -0.4 is 5.48 Å². The quantitative estimate of drug-likeness (QED) is 0.599. The molecule has 5 nitrogen and oxygen atoms in total. The summed E-state index contributed by atoms with van der Waals surface area (Å²) in [7, 11) is 0. The van der Waals surface area contributed by atoms with Crippen molar-refractivity contribution in [2.45, 2.75) is 39.5 Å². The fourth-order valence-electron chi connectivity index (χ4n) is 3.57. The third kappa shape index (κ3) is 4.32. The number of likely N-dealkylation sites (tertiary alicyclic amines) is 1. The Kier molecular flexibility index (Phi) is 5.77. The van der Waals surface area contributed by atoms with Crippen molar-refractivity contribution >= 4 is 11.8 Å². The summed E-state index contributed by atoms with van der Waals surface area (Å²) in [4.78, 5) is 26.4. The highest BCUT2D eigenvalue weighted by Crippen LogP contribution is 2.41. The molecule has 23 heavy (non-hydrogen) atoms. The Balaban J connectivity index is 2.04. The summed E-state index contributed by atoms with van der Waals surface area (Å²) in [5.41, 5.74) is 2.21. The summed E-state index contributed by atoms with van der Waals surface area (Å²) < 4.78 is 0. The van der Waals surface area contributed by atoms with E-state index in [1.807, 2.05) is 23.1 Å². The van der Waals surface area contributed by atoms with Gasteiger partial charge in [-0.25, -0.2) is 5.48 Å². The maximum Gasteiger partial charge on any atom is 0.244 e. The van der Waals surface area contributed by atoms with Gasteiger partial charge in [-0.1, -0.05) is 44.2 Å². The zero-order valence-corrected chi connectivity index (χ0v) is 13.9. The molecule has 2 N–H and O–H groups in total. The van der Waals surface area contributed by atoms with Crippen LogP contribution in [0.3, 0.4) is 0 Å². The first-order chi connectivity index (χ1) is 11.0. The van der Waals surface area contributed by atoms with Gasteiger partial charge in [-0.15, -0.1) is 0 Å². The van der Waals surface area contributed by atoms with E-state index in [9.17, 15) is 9.59 Å². The van der Waals surface area contributed by atoms with Gasteiger partial charge in [0, 0.05) is 19.5 Å². The van der Waals surface area contributed by atoms with Gasteiger partial charge in [0.1, 0.15) is 0 Å². The lowest BCUT2D eigenvalue weighted by Gasteiger charge is -2.28. The van der Waals surface area contributed by atoms with E-state index in [-0.39, 0.29) is 12.3 Å². The number of hydrogen-bond donors (Lipinski definition) is 2. The molecule has 0 unspecified atom stereocenters. The van der Waals surface area contributed by atoms with Gasteiger partial charge < -0.3 is 4.90 Å². The highest BCUT2D eigenvalue weighted by Gasteiger charge is 2.47. The summed E-state index contributed by atoms with van der Waals surface area (Å²) in [6.07, 6.45) is 2.21. The number of carbonyl (C=O) groups excluding carboxylic acids is 2. The maximum atomic E-state index is 12.9. The number of amides is 2. The number of nitrogens with one attached hydrogen (secondary N) is 1. The Morgan fingerprint density at radius 1 is 1.35 bits per heavy atom. The van der Waals surface area contributed by atoms with Crippen LogP contribution >= 0.6 is 0 Å². The molecule has 1 aromatic rings. The molecule has 126 valence electrons. The highest BCUT2D eigenvalue weighted by atomic mass is 16.5. The first kappa shape index (κ1) is 17.5. The standard InChI is InChI=1S/C18H26N2O3/c1-14(2)12-18(13-16(21)19-23)9-11-20(17(18)22)10-8-15-6-4-3-5-7-15/h3-7,14,23H,8-13H2,1-2H3,(H,19,21)/t18-/m1/s1. The summed E-state index contributed by atoms with van der Waals surface area (Å²) in [5.74, 6) is -0.117. The number of nitrogens with zero attached hydrogens (tertiary/aromatic N) is 1. The van der Waals surface area contributed by atoms with Crippen LogP contribution in [0, 0.1) is 11.3 Å². The minimum atomic E-state index is -0.669. The van der Waals surface area contributed by atoms with E-state index < -0.39 is 11.3 Å². The average Bonchev–Trinajstić information content (AvgIpc) is 2.82. The first-order valence-electron chi connectivity index (χ1n) is 8.23. The SMILES string of the molecule is CC(C)C[C@@]1(CC(=O)NO)CCN(CCc2ccccc2)C1=O. The molecule has 1 atom stereocenters. The van der Waals surface area contributed by atoms with Crippen molar-refractivity contribution in [1.29, 1.82) is 0 Å². The number of carbonyl (C=O) groups is 2. The predicted octanol–water partition coefficient (Wildman–Crippen LogP) is 2.39. The molecule has 1 fully saturated rings. The largest absolute Gasteiger partial charge is 0.342 e. The zero-order chi connectivity index (χ0) is 16.9. The van der Waals surface area contributed by atoms with E-state index in [1.165, 1.54) is 5.56 Å². The first-order valence-corrected chi connectivity index (χ1v) is 8.23. The van der Waals surface area contributed by atoms with E-state index in [1.54, 1.807) is 5.48 Å². The number of benzene rings is 1. The third-order valence-electron chi connectivity index (χ3n) is 4.54. The van der Waals surface area contributed by atoms with Crippen LogP contribution in [0.2, 0.25) is 0 Å². The lowest BCUT2D eigenvalue weighted by atomic mass is 9.76. The van der Waals surface area contributed by atoms with Gasteiger partial charge in [0.2, 0.25) is 11.8 Å². The lowest BCUT2D eigenvalue weighted by Crippen LogP contribution is -2.40. The smallest absolute Gasteiger partial charge is 0.244 e. The molecule has 1 heterocycles. The van der Waals surface area contributed by atoms with Crippen molar-refractivity contribution in [3.63, 3.8) is 0 Å². The highest BCUT2D eigenvalue weighted by molar-refractivity contribution is 5.90. The summed E-state index contributed by atoms with van der Waals surface area (Å²) >= 11 is 0. The molecule has 0 bridgehead atoms. The molecule has 1 aliphatic heterocycles. The number of hydrogen-bond acceptors (Lipinski definition) is 3.